The van der Waals surface area contributed by atoms with Gasteiger partial charge in [0.15, 0.2) is 0 Å². The Morgan fingerprint density at radius 3 is 2.87 bits per heavy atom. The first-order chi connectivity index (χ1) is 7.22. The highest BCUT2D eigenvalue weighted by atomic mass is 79.9. The molecule has 3 heteroatoms. The van der Waals surface area contributed by atoms with Crippen molar-refractivity contribution >= 4 is 53.3 Å². The fourth-order valence-corrected chi connectivity index (χ4v) is 3.80. The second kappa shape index (κ2) is 4.98. The minimum absolute atomic E-state index is 1.09. The lowest BCUT2D eigenvalue weighted by Gasteiger charge is -1.96. The summed E-state index contributed by atoms with van der Waals surface area (Å²) in [6.45, 7) is 2.23. The van der Waals surface area contributed by atoms with E-state index in [2.05, 4.69) is 57.0 Å². The van der Waals surface area contributed by atoms with Gasteiger partial charge in [-0.3, -0.25) is 0 Å². The van der Waals surface area contributed by atoms with Crippen LogP contribution < -0.4 is 0 Å². The number of rotatable bonds is 3. The normalized spacial score (nSPS) is 11.1. The van der Waals surface area contributed by atoms with Crippen molar-refractivity contribution in [1.29, 1.82) is 0 Å². The largest absolute Gasteiger partial charge is 0.140 e. The van der Waals surface area contributed by atoms with E-state index in [1.807, 2.05) is 11.3 Å². The van der Waals surface area contributed by atoms with Crippen LogP contribution in [0.4, 0.5) is 0 Å². The molecule has 0 aliphatic rings. The van der Waals surface area contributed by atoms with Crippen LogP contribution in [0.15, 0.2) is 22.7 Å². The molecule has 1 aromatic carbocycles. The van der Waals surface area contributed by atoms with Crippen molar-refractivity contribution in [3.8, 4) is 0 Å². The maximum Gasteiger partial charge on any atom is 0.0359 e. The third-order valence-electron chi connectivity index (χ3n) is 2.54. The van der Waals surface area contributed by atoms with Gasteiger partial charge in [-0.1, -0.05) is 37.9 Å². The van der Waals surface area contributed by atoms with Gasteiger partial charge in [-0.05, 0) is 42.8 Å². The van der Waals surface area contributed by atoms with Gasteiger partial charge < -0.3 is 0 Å². The predicted octanol–water partition coefficient (Wildman–Crippen LogP) is 5.30. The van der Waals surface area contributed by atoms with Crippen molar-refractivity contribution in [3.05, 3.63) is 33.1 Å². The molecular weight excluding hydrogens is 336 g/mol. The Bertz CT molecular complexity index is 474. The Balaban J connectivity index is 2.44. The summed E-state index contributed by atoms with van der Waals surface area (Å²) in [7, 11) is 0. The summed E-state index contributed by atoms with van der Waals surface area (Å²) in [6.07, 6.45) is 2.41. The van der Waals surface area contributed by atoms with Crippen LogP contribution in [0.25, 0.3) is 10.1 Å². The summed E-state index contributed by atoms with van der Waals surface area (Å²) in [5, 5.41) is 2.50. The molecule has 0 saturated carbocycles. The molecule has 0 atom stereocenters. The Labute approximate surface area is 111 Å². The molecular formula is C12H12Br2S. The first-order valence-corrected chi connectivity index (χ1v) is 7.69. The van der Waals surface area contributed by atoms with Gasteiger partial charge in [-0.25, -0.2) is 0 Å². The van der Waals surface area contributed by atoms with Crippen molar-refractivity contribution in [2.45, 2.75) is 19.8 Å². The van der Waals surface area contributed by atoms with Crippen LogP contribution in [-0.4, -0.2) is 5.33 Å². The second-order valence-corrected chi connectivity index (χ2v) is 6.43. The smallest absolute Gasteiger partial charge is 0.0359 e. The SMILES string of the molecule is Cc1c(CCCBr)sc2cc(Br)ccc12. The van der Waals surface area contributed by atoms with Crippen LogP contribution in [0.3, 0.4) is 0 Å². The summed E-state index contributed by atoms with van der Waals surface area (Å²) in [4.78, 5) is 1.53. The molecule has 2 aromatic rings. The second-order valence-electron chi connectivity index (χ2n) is 3.58. The zero-order chi connectivity index (χ0) is 10.8. The van der Waals surface area contributed by atoms with E-state index < -0.39 is 0 Å². The number of hydrogen-bond donors (Lipinski definition) is 0. The van der Waals surface area contributed by atoms with Gasteiger partial charge in [0.1, 0.15) is 0 Å². The molecule has 2 rings (SSSR count). The summed E-state index contributed by atoms with van der Waals surface area (Å²) in [5.41, 5.74) is 1.46. The lowest BCUT2D eigenvalue weighted by Crippen LogP contribution is -1.83. The van der Waals surface area contributed by atoms with E-state index >= 15 is 0 Å². The van der Waals surface area contributed by atoms with E-state index in [9.17, 15) is 0 Å². The van der Waals surface area contributed by atoms with Crippen molar-refractivity contribution in [1.82, 2.24) is 0 Å². The van der Waals surface area contributed by atoms with Crippen LogP contribution in [0.1, 0.15) is 16.9 Å². The van der Waals surface area contributed by atoms with Gasteiger partial charge in [-0.2, -0.15) is 0 Å². The lowest BCUT2D eigenvalue weighted by molar-refractivity contribution is 0.952. The van der Waals surface area contributed by atoms with Crippen molar-refractivity contribution in [3.63, 3.8) is 0 Å². The predicted molar refractivity (Wildman–Crippen MR) is 76.4 cm³/mol. The van der Waals surface area contributed by atoms with E-state index in [-0.39, 0.29) is 0 Å². The number of halogens is 2. The van der Waals surface area contributed by atoms with Crippen LogP contribution in [0, 0.1) is 6.92 Å². The molecule has 1 aromatic heterocycles. The molecule has 80 valence electrons. The maximum atomic E-state index is 3.52. The van der Waals surface area contributed by atoms with Gasteiger partial charge in [0.2, 0.25) is 0 Å². The van der Waals surface area contributed by atoms with E-state index in [1.165, 1.54) is 37.8 Å². The first kappa shape index (κ1) is 11.6. The Kier molecular flexibility index (Phi) is 3.86. The number of benzene rings is 1. The Hall–Kier alpha value is 0.140. The molecule has 0 amide bonds. The highest BCUT2D eigenvalue weighted by molar-refractivity contribution is 9.10. The molecule has 1 heterocycles. The summed E-state index contributed by atoms with van der Waals surface area (Å²) in [6, 6.07) is 6.55. The topological polar surface area (TPSA) is 0 Å². The molecule has 0 aliphatic carbocycles. The molecule has 0 radical (unpaired) electrons. The standard InChI is InChI=1S/C12H12Br2S/c1-8-10-5-4-9(14)7-12(10)15-11(8)3-2-6-13/h4-5,7H,2-3,6H2,1H3. The molecule has 0 bridgehead atoms. The third kappa shape index (κ3) is 2.45. The van der Waals surface area contributed by atoms with E-state index in [0.29, 0.717) is 0 Å². The lowest BCUT2D eigenvalue weighted by atomic mass is 10.1. The fourth-order valence-electron chi connectivity index (χ4n) is 1.72. The van der Waals surface area contributed by atoms with E-state index in [0.717, 1.165) is 5.33 Å². The van der Waals surface area contributed by atoms with Crippen LogP contribution in [0.2, 0.25) is 0 Å². The highest BCUT2D eigenvalue weighted by Crippen LogP contribution is 2.33. The summed E-state index contributed by atoms with van der Waals surface area (Å²) < 4.78 is 2.56. The molecule has 0 saturated heterocycles. The number of fused-ring (bicyclic) bond motifs is 1. The van der Waals surface area contributed by atoms with Crippen LogP contribution in [0.5, 0.6) is 0 Å². The van der Waals surface area contributed by atoms with Gasteiger partial charge in [0, 0.05) is 19.4 Å². The minimum atomic E-state index is 1.09. The van der Waals surface area contributed by atoms with Gasteiger partial charge in [0.25, 0.3) is 0 Å². The third-order valence-corrected chi connectivity index (χ3v) is 4.90. The van der Waals surface area contributed by atoms with Crippen molar-refractivity contribution < 1.29 is 0 Å². The van der Waals surface area contributed by atoms with Crippen molar-refractivity contribution in [2.75, 3.05) is 5.33 Å². The van der Waals surface area contributed by atoms with Crippen LogP contribution in [-0.2, 0) is 6.42 Å². The zero-order valence-corrected chi connectivity index (χ0v) is 12.5. The zero-order valence-electron chi connectivity index (χ0n) is 8.52. The number of alkyl halides is 1. The molecule has 0 nitrogen and oxygen atoms in total. The van der Waals surface area contributed by atoms with E-state index in [4.69, 9.17) is 0 Å². The average Bonchev–Trinajstić information content (AvgIpc) is 2.52. The van der Waals surface area contributed by atoms with Gasteiger partial charge in [-0.15, -0.1) is 11.3 Å². The van der Waals surface area contributed by atoms with Gasteiger partial charge in [0.05, 0.1) is 0 Å². The maximum absolute atomic E-state index is 3.52. The highest BCUT2D eigenvalue weighted by Gasteiger charge is 2.07. The number of thiophene rings is 1. The van der Waals surface area contributed by atoms with Crippen molar-refractivity contribution in [2.24, 2.45) is 0 Å². The molecule has 0 unspecified atom stereocenters. The fraction of sp³-hybridized carbons (Fsp3) is 0.333. The first-order valence-electron chi connectivity index (χ1n) is 4.96. The minimum Gasteiger partial charge on any atom is -0.140 e. The Morgan fingerprint density at radius 1 is 1.33 bits per heavy atom. The van der Waals surface area contributed by atoms with Crippen LogP contribution >= 0.6 is 43.2 Å². The molecule has 15 heavy (non-hydrogen) atoms. The Morgan fingerprint density at radius 2 is 2.13 bits per heavy atom. The monoisotopic (exact) mass is 346 g/mol. The van der Waals surface area contributed by atoms with Gasteiger partial charge >= 0.3 is 0 Å². The molecule has 0 fully saturated rings. The summed E-state index contributed by atoms with van der Waals surface area (Å²) in [5.74, 6) is 0. The molecule has 0 spiro atoms. The molecule has 0 aliphatic heterocycles. The number of hydrogen-bond acceptors (Lipinski definition) is 1. The number of aryl methyl sites for hydroxylation is 2. The average molecular weight is 348 g/mol. The quantitative estimate of drug-likeness (QED) is 0.661. The molecule has 0 N–H and O–H groups in total. The van der Waals surface area contributed by atoms with E-state index in [1.54, 1.807) is 0 Å². The summed E-state index contributed by atoms with van der Waals surface area (Å²) >= 11 is 8.93.